The Labute approximate surface area is 164 Å². The van der Waals surface area contributed by atoms with E-state index in [1.165, 1.54) is 6.07 Å². The molecule has 3 aliphatic rings. The van der Waals surface area contributed by atoms with E-state index in [1.807, 2.05) is 6.92 Å². The Morgan fingerprint density at radius 3 is 2.63 bits per heavy atom. The summed E-state index contributed by atoms with van der Waals surface area (Å²) >= 11 is 6.29. The van der Waals surface area contributed by atoms with Gasteiger partial charge in [0.25, 0.3) is 5.79 Å². The first-order chi connectivity index (χ1) is 12.9. The largest absolute Gasteiger partial charge is 0.478 e. The van der Waals surface area contributed by atoms with Crippen LogP contribution in [0.15, 0.2) is 6.07 Å². The number of carboxylic acids is 1. The number of likely N-dealkylation sites (tertiary alicyclic amines) is 1. The van der Waals surface area contributed by atoms with E-state index in [2.05, 4.69) is 4.90 Å². The van der Waals surface area contributed by atoms with Crippen LogP contribution in [0.25, 0.3) is 0 Å². The zero-order chi connectivity index (χ0) is 19.2. The summed E-state index contributed by atoms with van der Waals surface area (Å²) in [6, 6.07) is 1.44. The van der Waals surface area contributed by atoms with Crippen molar-refractivity contribution < 1.29 is 24.1 Å². The predicted octanol–water partition coefficient (Wildman–Crippen LogP) is 3.58. The van der Waals surface area contributed by atoms with Crippen LogP contribution in [-0.4, -0.2) is 54.6 Å². The molecule has 7 heteroatoms. The highest BCUT2D eigenvalue weighted by Gasteiger charge is 2.47. The number of halogens is 1. The SMILES string of the molecule is Cc1c(C(=O)O)cc(Cl)c2c1OC(C)(C1CCN(CC3CCOC3)CC1)O2. The molecule has 2 unspecified atom stereocenters. The third-order valence-corrected chi connectivity index (χ3v) is 6.43. The Hall–Kier alpha value is -1.50. The quantitative estimate of drug-likeness (QED) is 0.840. The highest BCUT2D eigenvalue weighted by atomic mass is 35.5. The lowest BCUT2D eigenvalue weighted by Crippen LogP contribution is -2.49. The molecule has 2 saturated heterocycles. The van der Waals surface area contributed by atoms with E-state index < -0.39 is 11.8 Å². The van der Waals surface area contributed by atoms with E-state index in [0.717, 1.165) is 52.1 Å². The van der Waals surface area contributed by atoms with Gasteiger partial charge in [0.05, 0.1) is 17.2 Å². The van der Waals surface area contributed by atoms with Crippen LogP contribution in [0.1, 0.15) is 42.1 Å². The van der Waals surface area contributed by atoms with Gasteiger partial charge >= 0.3 is 5.97 Å². The van der Waals surface area contributed by atoms with E-state index in [-0.39, 0.29) is 16.5 Å². The number of aromatic carboxylic acids is 1. The third-order valence-electron chi connectivity index (χ3n) is 6.15. The van der Waals surface area contributed by atoms with Crippen molar-refractivity contribution in [2.75, 3.05) is 32.8 Å². The molecule has 3 aliphatic heterocycles. The molecule has 3 heterocycles. The van der Waals surface area contributed by atoms with Gasteiger partial charge in [-0.2, -0.15) is 0 Å². The number of fused-ring (bicyclic) bond motifs is 1. The number of rotatable bonds is 4. The maximum Gasteiger partial charge on any atom is 0.336 e. The molecule has 0 aliphatic carbocycles. The Bertz CT molecular complexity index is 740. The maximum absolute atomic E-state index is 11.4. The second-order valence-electron chi connectivity index (χ2n) is 8.02. The molecule has 0 spiro atoms. The van der Waals surface area contributed by atoms with E-state index >= 15 is 0 Å². The minimum absolute atomic E-state index is 0.153. The molecule has 0 radical (unpaired) electrons. The van der Waals surface area contributed by atoms with Crippen molar-refractivity contribution in [3.05, 3.63) is 22.2 Å². The minimum atomic E-state index is -1.02. The van der Waals surface area contributed by atoms with Gasteiger partial charge in [-0.25, -0.2) is 4.79 Å². The lowest BCUT2D eigenvalue weighted by molar-refractivity contribution is -0.125. The number of nitrogens with zero attached hydrogens (tertiary/aromatic N) is 1. The summed E-state index contributed by atoms with van der Waals surface area (Å²) in [5.41, 5.74) is 0.712. The van der Waals surface area contributed by atoms with Crippen LogP contribution >= 0.6 is 11.6 Å². The fourth-order valence-corrected chi connectivity index (χ4v) is 4.70. The fraction of sp³-hybridized carbons (Fsp3) is 0.650. The van der Waals surface area contributed by atoms with Crippen LogP contribution in [0, 0.1) is 18.8 Å². The first-order valence-electron chi connectivity index (χ1n) is 9.62. The van der Waals surface area contributed by atoms with Crippen LogP contribution in [-0.2, 0) is 4.74 Å². The van der Waals surface area contributed by atoms with Crippen molar-refractivity contribution in [2.24, 2.45) is 11.8 Å². The molecule has 4 rings (SSSR count). The van der Waals surface area contributed by atoms with E-state index in [1.54, 1.807) is 6.92 Å². The van der Waals surface area contributed by atoms with Crippen LogP contribution in [0.2, 0.25) is 5.02 Å². The molecule has 1 aromatic rings. The van der Waals surface area contributed by atoms with Crippen molar-refractivity contribution in [3.63, 3.8) is 0 Å². The molecule has 0 bridgehead atoms. The van der Waals surface area contributed by atoms with Crippen molar-refractivity contribution in [1.29, 1.82) is 0 Å². The van der Waals surface area contributed by atoms with Crippen LogP contribution in [0.4, 0.5) is 0 Å². The zero-order valence-corrected chi connectivity index (χ0v) is 16.6. The van der Waals surface area contributed by atoms with E-state index in [9.17, 15) is 9.90 Å². The predicted molar refractivity (Wildman–Crippen MR) is 101 cm³/mol. The van der Waals surface area contributed by atoms with Crippen LogP contribution in [0.3, 0.4) is 0 Å². The highest BCUT2D eigenvalue weighted by Crippen LogP contribution is 2.51. The Morgan fingerprint density at radius 2 is 2.00 bits per heavy atom. The normalized spacial score (nSPS) is 28.6. The van der Waals surface area contributed by atoms with Crippen molar-refractivity contribution >= 4 is 17.6 Å². The lowest BCUT2D eigenvalue weighted by atomic mass is 9.88. The van der Waals surface area contributed by atoms with Gasteiger partial charge in [-0.1, -0.05) is 11.6 Å². The number of carbonyl (C=O) groups is 1. The topological polar surface area (TPSA) is 68.2 Å². The van der Waals surface area contributed by atoms with E-state index in [0.29, 0.717) is 23.0 Å². The maximum atomic E-state index is 11.4. The Morgan fingerprint density at radius 1 is 1.30 bits per heavy atom. The van der Waals surface area contributed by atoms with Gasteiger partial charge in [0.2, 0.25) is 0 Å². The molecule has 0 aromatic heterocycles. The molecule has 6 nitrogen and oxygen atoms in total. The summed E-state index contributed by atoms with van der Waals surface area (Å²) < 4.78 is 17.8. The molecule has 1 N–H and O–H groups in total. The molecular formula is C20H26ClNO5. The highest BCUT2D eigenvalue weighted by molar-refractivity contribution is 6.32. The third kappa shape index (κ3) is 3.50. The molecule has 0 amide bonds. The zero-order valence-electron chi connectivity index (χ0n) is 15.8. The first-order valence-corrected chi connectivity index (χ1v) is 9.99. The summed E-state index contributed by atoms with van der Waals surface area (Å²) in [5.74, 6) is -0.0177. The molecule has 27 heavy (non-hydrogen) atoms. The molecule has 148 valence electrons. The average Bonchev–Trinajstić information content (AvgIpc) is 3.27. The summed E-state index contributed by atoms with van der Waals surface area (Å²) in [6.45, 7) is 8.55. The minimum Gasteiger partial charge on any atom is -0.478 e. The number of carboxylic acid groups (broad SMARTS) is 1. The molecule has 1 aromatic carbocycles. The van der Waals surface area contributed by atoms with Gasteiger partial charge in [-0.3, -0.25) is 0 Å². The smallest absolute Gasteiger partial charge is 0.336 e. The summed E-state index contributed by atoms with van der Waals surface area (Å²) in [6.07, 6.45) is 3.10. The van der Waals surface area contributed by atoms with Gasteiger partial charge in [-0.15, -0.1) is 0 Å². The van der Waals surface area contributed by atoms with Crippen molar-refractivity contribution in [3.8, 4) is 11.5 Å². The second kappa shape index (κ2) is 7.15. The van der Waals surface area contributed by atoms with Crippen molar-refractivity contribution in [2.45, 2.75) is 38.9 Å². The van der Waals surface area contributed by atoms with Gasteiger partial charge in [0.1, 0.15) is 0 Å². The Balaban J connectivity index is 1.45. The standard InChI is InChI=1S/C20H26ClNO5/c1-12-15(19(23)24)9-16(21)18-17(12)26-20(2,27-18)14-3-6-22(7-4-14)10-13-5-8-25-11-13/h9,13-14H,3-8,10-11H2,1-2H3,(H,23,24). The number of piperidine rings is 1. The van der Waals surface area contributed by atoms with E-state index in [4.69, 9.17) is 25.8 Å². The fourth-order valence-electron chi connectivity index (χ4n) is 4.47. The Kier molecular flexibility index (Phi) is 4.99. The summed E-state index contributed by atoms with van der Waals surface area (Å²) in [7, 11) is 0. The first kappa shape index (κ1) is 18.8. The molecule has 2 atom stereocenters. The van der Waals surface area contributed by atoms with Gasteiger partial charge < -0.3 is 24.2 Å². The molecule has 0 saturated carbocycles. The number of benzene rings is 1. The summed E-state index contributed by atoms with van der Waals surface area (Å²) in [5, 5.41) is 9.66. The van der Waals surface area contributed by atoms with Gasteiger partial charge in [-0.05, 0) is 51.3 Å². The van der Waals surface area contributed by atoms with Crippen molar-refractivity contribution in [1.82, 2.24) is 4.90 Å². The lowest BCUT2D eigenvalue weighted by Gasteiger charge is -2.39. The van der Waals surface area contributed by atoms with Gasteiger partial charge in [0.15, 0.2) is 11.5 Å². The number of hydrogen-bond donors (Lipinski definition) is 1. The summed E-state index contributed by atoms with van der Waals surface area (Å²) in [4.78, 5) is 13.9. The molecule has 2 fully saturated rings. The second-order valence-corrected chi connectivity index (χ2v) is 8.43. The van der Waals surface area contributed by atoms with Crippen LogP contribution < -0.4 is 9.47 Å². The molecular weight excluding hydrogens is 370 g/mol. The number of ether oxygens (including phenoxy) is 3. The monoisotopic (exact) mass is 395 g/mol. The number of hydrogen-bond acceptors (Lipinski definition) is 5. The van der Waals surface area contributed by atoms with Crippen LogP contribution in [0.5, 0.6) is 11.5 Å². The van der Waals surface area contributed by atoms with Gasteiger partial charge in [0, 0.05) is 31.6 Å². The average molecular weight is 396 g/mol.